The van der Waals surface area contributed by atoms with Crippen molar-refractivity contribution in [2.75, 3.05) is 26.9 Å². The molecule has 2 heterocycles. The highest BCUT2D eigenvalue weighted by Crippen LogP contribution is 2.14. The molecule has 1 aliphatic rings. The Morgan fingerprint density at radius 3 is 2.83 bits per heavy atom. The van der Waals surface area contributed by atoms with Gasteiger partial charge in [0.05, 0.1) is 20.2 Å². The predicted octanol–water partition coefficient (Wildman–Crippen LogP) is 2.29. The zero-order chi connectivity index (χ0) is 20.3. The van der Waals surface area contributed by atoms with Crippen molar-refractivity contribution in [1.82, 2.24) is 25.4 Å². The van der Waals surface area contributed by atoms with Crippen LogP contribution in [-0.2, 0) is 30.8 Å². The Labute approximate surface area is 172 Å². The SMILES string of the molecule is CCOCCCNC(=NCc1ccc(OC)cc1)NCc1nnc2n1CCCC2. The van der Waals surface area contributed by atoms with Crippen molar-refractivity contribution in [3.05, 3.63) is 41.5 Å². The second-order valence-corrected chi connectivity index (χ2v) is 6.98. The van der Waals surface area contributed by atoms with E-state index in [0.717, 1.165) is 68.1 Å². The largest absolute Gasteiger partial charge is 0.497 e. The van der Waals surface area contributed by atoms with Gasteiger partial charge in [-0.3, -0.25) is 0 Å². The molecule has 2 aromatic rings. The molecule has 8 heteroatoms. The highest BCUT2D eigenvalue weighted by Gasteiger charge is 2.15. The number of fused-ring (bicyclic) bond motifs is 1. The molecule has 0 saturated carbocycles. The molecule has 29 heavy (non-hydrogen) atoms. The molecule has 0 radical (unpaired) electrons. The van der Waals surface area contributed by atoms with E-state index in [0.29, 0.717) is 13.1 Å². The van der Waals surface area contributed by atoms with E-state index in [-0.39, 0.29) is 0 Å². The van der Waals surface area contributed by atoms with Crippen molar-refractivity contribution in [1.29, 1.82) is 0 Å². The second-order valence-electron chi connectivity index (χ2n) is 6.98. The lowest BCUT2D eigenvalue weighted by Gasteiger charge is -2.16. The van der Waals surface area contributed by atoms with E-state index in [2.05, 4.69) is 25.4 Å². The van der Waals surface area contributed by atoms with Crippen LogP contribution in [0.2, 0.25) is 0 Å². The molecule has 0 saturated heterocycles. The van der Waals surface area contributed by atoms with Crippen molar-refractivity contribution in [2.45, 2.75) is 52.2 Å². The highest BCUT2D eigenvalue weighted by molar-refractivity contribution is 5.79. The summed E-state index contributed by atoms with van der Waals surface area (Å²) in [6.45, 7) is 6.49. The van der Waals surface area contributed by atoms with Crippen LogP contribution in [-0.4, -0.2) is 47.6 Å². The van der Waals surface area contributed by atoms with Gasteiger partial charge in [-0.1, -0.05) is 12.1 Å². The molecule has 2 N–H and O–H groups in total. The number of rotatable bonds is 10. The molecule has 1 aliphatic heterocycles. The van der Waals surface area contributed by atoms with Crippen molar-refractivity contribution in [3.8, 4) is 5.75 Å². The lowest BCUT2D eigenvalue weighted by molar-refractivity contribution is 0.145. The summed E-state index contributed by atoms with van der Waals surface area (Å²) >= 11 is 0. The fourth-order valence-corrected chi connectivity index (χ4v) is 3.26. The third-order valence-electron chi connectivity index (χ3n) is 4.89. The lowest BCUT2D eigenvalue weighted by Crippen LogP contribution is -2.38. The Kier molecular flexibility index (Phi) is 8.30. The number of hydrogen-bond acceptors (Lipinski definition) is 5. The van der Waals surface area contributed by atoms with Crippen molar-refractivity contribution in [3.63, 3.8) is 0 Å². The summed E-state index contributed by atoms with van der Waals surface area (Å²) in [5.74, 6) is 3.68. The first kappa shape index (κ1) is 21.1. The van der Waals surface area contributed by atoms with Crippen LogP contribution < -0.4 is 15.4 Å². The molecule has 3 rings (SSSR count). The Hall–Kier alpha value is -2.61. The molecule has 158 valence electrons. The minimum atomic E-state index is 0.586. The minimum Gasteiger partial charge on any atom is -0.497 e. The molecular weight excluding hydrogens is 368 g/mol. The number of aryl methyl sites for hydroxylation is 1. The normalized spacial score (nSPS) is 13.8. The molecule has 0 bridgehead atoms. The van der Waals surface area contributed by atoms with Gasteiger partial charge in [-0.25, -0.2) is 4.99 Å². The third-order valence-corrected chi connectivity index (χ3v) is 4.89. The standard InChI is InChI=1S/C21H32N6O2/c1-3-29-14-6-12-22-21(23-15-17-8-10-18(28-2)11-9-17)24-16-20-26-25-19-7-4-5-13-27(19)20/h8-11H,3-7,12-16H2,1-2H3,(H2,22,23,24). The Morgan fingerprint density at radius 2 is 2.03 bits per heavy atom. The number of ether oxygens (including phenoxy) is 2. The smallest absolute Gasteiger partial charge is 0.191 e. The number of methoxy groups -OCH3 is 1. The number of aliphatic imine (C=N–C) groups is 1. The monoisotopic (exact) mass is 400 g/mol. The van der Waals surface area contributed by atoms with Gasteiger partial charge >= 0.3 is 0 Å². The molecule has 0 atom stereocenters. The number of hydrogen-bond donors (Lipinski definition) is 2. The Balaban J connectivity index is 1.59. The number of guanidine groups is 1. The summed E-state index contributed by atoms with van der Waals surface area (Å²) in [5.41, 5.74) is 1.13. The summed E-state index contributed by atoms with van der Waals surface area (Å²) in [4.78, 5) is 4.73. The fourth-order valence-electron chi connectivity index (χ4n) is 3.26. The van der Waals surface area contributed by atoms with E-state index < -0.39 is 0 Å². The number of nitrogens with zero attached hydrogens (tertiary/aromatic N) is 4. The first-order valence-corrected chi connectivity index (χ1v) is 10.4. The molecule has 1 aromatic heterocycles. The lowest BCUT2D eigenvalue weighted by atomic mass is 10.2. The zero-order valence-corrected chi connectivity index (χ0v) is 17.5. The van der Waals surface area contributed by atoms with Gasteiger partial charge in [0, 0.05) is 32.7 Å². The van der Waals surface area contributed by atoms with Crippen LogP contribution in [0.25, 0.3) is 0 Å². The highest BCUT2D eigenvalue weighted by atomic mass is 16.5. The molecule has 1 aromatic carbocycles. The van der Waals surface area contributed by atoms with Gasteiger partial charge in [0.2, 0.25) is 0 Å². The minimum absolute atomic E-state index is 0.586. The fraction of sp³-hybridized carbons (Fsp3) is 0.571. The molecule has 0 fully saturated rings. The maximum atomic E-state index is 5.41. The second kappa shape index (κ2) is 11.4. The van der Waals surface area contributed by atoms with E-state index >= 15 is 0 Å². The molecule has 0 unspecified atom stereocenters. The van der Waals surface area contributed by atoms with Crippen LogP contribution in [0.4, 0.5) is 0 Å². The number of nitrogens with one attached hydrogen (secondary N) is 2. The van der Waals surface area contributed by atoms with E-state index in [9.17, 15) is 0 Å². The van der Waals surface area contributed by atoms with Crippen LogP contribution in [0.3, 0.4) is 0 Å². The average Bonchev–Trinajstić information content (AvgIpc) is 3.18. The van der Waals surface area contributed by atoms with Crippen molar-refractivity contribution in [2.24, 2.45) is 4.99 Å². The Morgan fingerprint density at radius 1 is 1.17 bits per heavy atom. The van der Waals surface area contributed by atoms with E-state index in [4.69, 9.17) is 14.5 Å². The number of aromatic nitrogens is 3. The molecule has 0 spiro atoms. The van der Waals surface area contributed by atoms with Crippen LogP contribution in [0, 0.1) is 0 Å². The van der Waals surface area contributed by atoms with E-state index in [1.807, 2.05) is 31.2 Å². The third kappa shape index (κ3) is 6.45. The molecule has 8 nitrogen and oxygen atoms in total. The summed E-state index contributed by atoms with van der Waals surface area (Å²) in [5, 5.41) is 15.5. The first-order chi connectivity index (χ1) is 14.3. The average molecular weight is 401 g/mol. The van der Waals surface area contributed by atoms with Gasteiger partial charge in [-0.05, 0) is 43.9 Å². The van der Waals surface area contributed by atoms with Crippen LogP contribution >= 0.6 is 0 Å². The van der Waals surface area contributed by atoms with Gasteiger partial charge in [0.1, 0.15) is 11.6 Å². The molecular formula is C21H32N6O2. The van der Waals surface area contributed by atoms with Crippen molar-refractivity contribution >= 4 is 5.96 Å². The molecule has 0 amide bonds. The van der Waals surface area contributed by atoms with Crippen LogP contribution in [0.1, 0.15) is 43.4 Å². The quantitative estimate of drug-likeness (QED) is 0.362. The zero-order valence-electron chi connectivity index (χ0n) is 17.5. The van der Waals surface area contributed by atoms with Gasteiger partial charge < -0.3 is 24.7 Å². The predicted molar refractivity (Wildman–Crippen MR) is 113 cm³/mol. The summed E-state index contributed by atoms with van der Waals surface area (Å²) in [7, 11) is 1.67. The van der Waals surface area contributed by atoms with Gasteiger partial charge in [-0.2, -0.15) is 0 Å². The van der Waals surface area contributed by atoms with Crippen LogP contribution in [0.15, 0.2) is 29.3 Å². The van der Waals surface area contributed by atoms with E-state index in [1.165, 1.54) is 12.8 Å². The summed E-state index contributed by atoms with van der Waals surface area (Å²) in [6, 6.07) is 7.97. The van der Waals surface area contributed by atoms with Gasteiger partial charge in [-0.15, -0.1) is 10.2 Å². The first-order valence-electron chi connectivity index (χ1n) is 10.4. The maximum Gasteiger partial charge on any atom is 0.191 e. The van der Waals surface area contributed by atoms with Gasteiger partial charge in [0.15, 0.2) is 11.8 Å². The Bertz CT molecular complexity index is 772. The van der Waals surface area contributed by atoms with Gasteiger partial charge in [0.25, 0.3) is 0 Å². The summed E-state index contributed by atoms with van der Waals surface area (Å²) in [6.07, 6.45) is 4.33. The maximum absolute atomic E-state index is 5.41. The van der Waals surface area contributed by atoms with Crippen molar-refractivity contribution < 1.29 is 9.47 Å². The topological polar surface area (TPSA) is 85.6 Å². The summed E-state index contributed by atoms with van der Waals surface area (Å²) < 4.78 is 12.9. The number of benzene rings is 1. The van der Waals surface area contributed by atoms with E-state index in [1.54, 1.807) is 7.11 Å². The van der Waals surface area contributed by atoms with Crippen LogP contribution in [0.5, 0.6) is 5.75 Å². The molecule has 0 aliphatic carbocycles.